The lowest BCUT2D eigenvalue weighted by Gasteiger charge is -2.21. The van der Waals surface area contributed by atoms with Gasteiger partial charge in [0.15, 0.2) is 0 Å². The maximum atomic E-state index is 12.9. The normalized spacial score (nSPS) is 16.0. The fraction of sp³-hybridized carbons (Fsp3) is 0.556. The van der Waals surface area contributed by atoms with E-state index in [4.69, 9.17) is 11.6 Å². The Morgan fingerprint density at radius 1 is 1.46 bits per heavy atom. The van der Waals surface area contributed by atoms with Crippen molar-refractivity contribution >= 4 is 34.7 Å². The quantitative estimate of drug-likeness (QED) is 0.697. The lowest BCUT2D eigenvalue weighted by Crippen LogP contribution is -2.34. The minimum Gasteiger partial charge on any atom is -0.395 e. The number of thiophene rings is 1. The molecule has 0 spiro atoms. The highest BCUT2D eigenvalue weighted by atomic mass is 35.5. The zero-order chi connectivity index (χ0) is 18.7. The zero-order valence-electron chi connectivity index (χ0n) is 15.1. The van der Waals surface area contributed by atoms with E-state index in [0.717, 1.165) is 40.8 Å². The molecular weight excluding hydrogens is 372 g/mol. The highest BCUT2D eigenvalue weighted by Crippen LogP contribution is 2.29. The van der Waals surface area contributed by atoms with E-state index in [0.29, 0.717) is 18.3 Å². The van der Waals surface area contributed by atoms with Crippen molar-refractivity contribution in [2.45, 2.75) is 39.2 Å². The Morgan fingerprint density at radius 2 is 2.19 bits per heavy atom. The Hall–Kier alpha value is -1.41. The van der Waals surface area contributed by atoms with Crippen molar-refractivity contribution in [1.82, 2.24) is 15.1 Å². The summed E-state index contributed by atoms with van der Waals surface area (Å²) < 4.78 is 2.16. The maximum absolute atomic E-state index is 12.9. The van der Waals surface area contributed by atoms with Gasteiger partial charge in [-0.3, -0.25) is 4.79 Å². The molecule has 3 N–H and O–H groups in total. The smallest absolute Gasteiger partial charge is 0.256 e. The molecule has 0 atom stereocenters. The summed E-state index contributed by atoms with van der Waals surface area (Å²) in [5.74, 6) is 0.792. The summed E-state index contributed by atoms with van der Waals surface area (Å²) in [7, 11) is 0. The van der Waals surface area contributed by atoms with Crippen molar-refractivity contribution in [2.75, 3.05) is 25.0 Å². The molecule has 1 fully saturated rings. The number of carbonyl (C=O) groups excluding carboxylic acids is 1. The number of nitrogens with zero attached hydrogens (tertiary/aromatic N) is 2. The lowest BCUT2D eigenvalue weighted by atomic mass is 9.94. The van der Waals surface area contributed by atoms with Gasteiger partial charge in [0.2, 0.25) is 0 Å². The van der Waals surface area contributed by atoms with E-state index < -0.39 is 5.41 Å². The predicted octanol–water partition coefficient (Wildman–Crippen LogP) is 3.34. The Labute approximate surface area is 162 Å². The standard InChI is InChI=1S/C18H25ClN4O2S/c1-18(2,11-24)17(25)23-16(21-10-13-3-4-15(19)26-13)9-14(22-23)12-5-7-20-8-6-12/h3-4,9,12,20-21,24H,5-8,10-11H2,1-2H3. The molecule has 6 nitrogen and oxygen atoms in total. The second-order valence-corrected chi connectivity index (χ2v) is 9.10. The number of anilines is 1. The van der Waals surface area contributed by atoms with Crippen molar-refractivity contribution in [3.63, 3.8) is 0 Å². The van der Waals surface area contributed by atoms with Crippen molar-refractivity contribution < 1.29 is 9.90 Å². The van der Waals surface area contributed by atoms with Gasteiger partial charge in [0.25, 0.3) is 5.91 Å². The van der Waals surface area contributed by atoms with Crippen LogP contribution < -0.4 is 10.6 Å². The molecule has 0 saturated carbocycles. The Morgan fingerprint density at radius 3 is 2.81 bits per heavy atom. The lowest BCUT2D eigenvalue weighted by molar-refractivity contribution is 0.0615. The zero-order valence-corrected chi connectivity index (χ0v) is 16.7. The first-order valence-electron chi connectivity index (χ1n) is 8.85. The molecule has 0 aromatic carbocycles. The minimum atomic E-state index is -0.889. The average molecular weight is 397 g/mol. The fourth-order valence-electron chi connectivity index (χ4n) is 2.98. The number of aliphatic hydroxyl groups excluding tert-OH is 1. The molecule has 2 aromatic heterocycles. The van der Waals surface area contributed by atoms with E-state index >= 15 is 0 Å². The number of aliphatic hydroxyl groups is 1. The van der Waals surface area contributed by atoms with E-state index in [1.165, 1.54) is 16.0 Å². The van der Waals surface area contributed by atoms with Crippen LogP contribution in [0.3, 0.4) is 0 Å². The third-order valence-electron chi connectivity index (χ3n) is 4.72. The Balaban J connectivity index is 1.86. The van der Waals surface area contributed by atoms with Crippen molar-refractivity contribution in [3.05, 3.63) is 33.1 Å². The molecule has 0 aliphatic carbocycles. The predicted molar refractivity (Wildman–Crippen MR) is 105 cm³/mol. The molecule has 2 aromatic rings. The van der Waals surface area contributed by atoms with Crippen LogP contribution >= 0.6 is 22.9 Å². The summed E-state index contributed by atoms with van der Waals surface area (Å²) in [5.41, 5.74) is 0.0420. The molecule has 0 amide bonds. The highest BCUT2D eigenvalue weighted by Gasteiger charge is 2.32. The summed E-state index contributed by atoms with van der Waals surface area (Å²) in [6, 6.07) is 5.80. The summed E-state index contributed by atoms with van der Waals surface area (Å²) in [6.07, 6.45) is 2.02. The van der Waals surface area contributed by atoms with Gasteiger partial charge in [-0.1, -0.05) is 11.6 Å². The summed E-state index contributed by atoms with van der Waals surface area (Å²) >= 11 is 7.50. The molecular formula is C18H25ClN4O2S. The number of piperidine rings is 1. The molecule has 26 heavy (non-hydrogen) atoms. The second-order valence-electron chi connectivity index (χ2n) is 7.30. The summed E-state index contributed by atoms with van der Waals surface area (Å²) in [4.78, 5) is 14.0. The van der Waals surface area contributed by atoms with Gasteiger partial charge < -0.3 is 15.7 Å². The summed E-state index contributed by atoms with van der Waals surface area (Å²) in [6.45, 7) is 5.72. The SMILES string of the molecule is CC(C)(CO)C(=O)n1nc(C2CCNCC2)cc1NCc1ccc(Cl)s1. The van der Waals surface area contributed by atoms with Crippen LogP contribution in [-0.2, 0) is 6.54 Å². The van der Waals surface area contributed by atoms with Crippen LogP contribution in [-0.4, -0.2) is 40.5 Å². The second kappa shape index (κ2) is 8.08. The van der Waals surface area contributed by atoms with Gasteiger partial charge in [0, 0.05) is 16.9 Å². The average Bonchev–Trinajstić information content (AvgIpc) is 3.26. The fourth-order valence-corrected chi connectivity index (χ4v) is 4.00. The van der Waals surface area contributed by atoms with Crippen LogP contribution in [0.4, 0.5) is 5.82 Å². The van der Waals surface area contributed by atoms with E-state index in [1.54, 1.807) is 13.8 Å². The maximum Gasteiger partial charge on any atom is 0.256 e. The number of rotatable bonds is 6. The number of halogens is 1. The third-order valence-corrected chi connectivity index (χ3v) is 5.96. The van der Waals surface area contributed by atoms with E-state index in [2.05, 4.69) is 15.7 Å². The van der Waals surface area contributed by atoms with Gasteiger partial charge >= 0.3 is 0 Å². The van der Waals surface area contributed by atoms with E-state index in [1.807, 2.05) is 18.2 Å². The van der Waals surface area contributed by atoms with E-state index in [9.17, 15) is 9.90 Å². The van der Waals surface area contributed by atoms with Gasteiger partial charge in [-0.25, -0.2) is 0 Å². The van der Waals surface area contributed by atoms with Gasteiger partial charge in [-0.2, -0.15) is 9.78 Å². The monoisotopic (exact) mass is 396 g/mol. The van der Waals surface area contributed by atoms with Crippen molar-refractivity contribution in [3.8, 4) is 0 Å². The molecule has 0 bridgehead atoms. The van der Waals surface area contributed by atoms with Crippen LogP contribution in [0.1, 0.15) is 48.0 Å². The minimum absolute atomic E-state index is 0.216. The van der Waals surface area contributed by atoms with Crippen LogP contribution in [0.2, 0.25) is 4.34 Å². The third kappa shape index (κ3) is 4.28. The van der Waals surface area contributed by atoms with Crippen molar-refractivity contribution in [2.24, 2.45) is 5.41 Å². The number of hydrogen-bond donors (Lipinski definition) is 3. The topological polar surface area (TPSA) is 79.2 Å². The number of hydrogen-bond acceptors (Lipinski definition) is 6. The number of aromatic nitrogens is 2. The molecule has 1 saturated heterocycles. The first kappa shape index (κ1) is 19.4. The molecule has 3 heterocycles. The van der Waals surface area contributed by atoms with Crippen molar-refractivity contribution in [1.29, 1.82) is 0 Å². The van der Waals surface area contributed by atoms with Crippen LogP contribution in [0.5, 0.6) is 0 Å². The first-order valence-corrected chi connectivity index (χ1v) is 10.0. The summed E-state index contributed by atoms with van der Waals surface area (Å²) in [5, 5.41) is 20.9. The van der Waals surface area contributed by atoms with Gasteiger partial charge in [-0.15, -0.1) is 11.3 Å². The first-order chi connectivity index (χ1) is 12.4. The number of nitrogens with one attached hydrogen (secondary N) is 2. The van der Waals surface area contributed by atoms with Gasteiger partial charge in [0.1, 0.15) is 5.82 Å². The highest BCUT2D eigenvalue weighted by molar-refractivity contribution is 7.16. The van der Waals surface area contributed by atoms with Gasteiger partial charge in [-0.05, 0) is 51.9 Å². The van der Waals surface area contributed by atoms with E-state index in [-0.39, 0.29) is 12.5 Å². The number of carbonyl (C=O) groups is 1. The molecule has 8 heteroatoms. The van der Waals surface area contributed by atoms with Gasteiger partial charge in [0.05, 0.1) is 28.6 Å². The molecule has 1 aliphatic rings. The molecule has 3 rings (SSSR count). The molecule has 0 unspecified atom stereocenters. The molecule has 142 valence electrons. The Kier molecular flexibility index (Phi) is 6.02. The van der Waals surface area contributed by atoms with Crippen LogP contribution in [0.15, 0.2) is 18.2 Å². The van der Waals surface area contributed by atoms with Crippen LogP contribution in [0.25, 0.3) is 0 Å². The largest absolute Gasteiger partial charge is 0.395 e. The molecule has 0 radical (unpaired) electrons. The molecule has 1 aliphatic heterocycles. The Bertz CT molecular complexity index is 765. The van der Waals surface area contributed by atoms with Crippen LogP contribution in [0, 0.1) is 5.41 Å².